The standard InChI is InChI=1S/2C4H9NO/c2*1-4-2-6-3-5-4/h2*4-5H,2-3H2,1H3/t4-;/m1./s1. The van der Waals surface area contributed by atoms with Gasteiger partial charge in [0.15, 0.2) is 0 Å². The molecule has 0 bridgehead atoms. The maximum absolute atomic E-state index is 4.95. The van der Waals surface area contributed by atoms with E-state index in [4.69, 9.17) is 9.47 Å². The summed E-state index contributed by atoms with van der Waals surface area (Å²) in [4.78, 5) is 0. The summed E-state index contributed by atoms with van der Waals surface area (Å²) in [5, 5.41) is 6.19. The summed E-state index contributed by atoms with van der Waals surface area (Å²) in [6.45, 7) is 7.43. The predicted octanol–water partition coefficient (Wildman–Crippen LogP) is -0.0956. The van der Waals surface area contributed by atoms with Crippen molar-refractivity contribution in [1.29, 1.82) is 0 Å². The van der Waals surface area contributed by atoms with Crippen LogP contribution >= 0.6 is 0 Å². The van der Waals surface area contributed by atoms with Crippen LogP contribution in [0.15, 0.2) is 0 Å². The maximum atomic E-state index is 4.95. The zero-order valence-corrected chi connectivity index (χ0v) is 7.80. The van der Waals surface area contributed by atoms with Crippen molar-refractivity contribution in [3.63, 3.8) is 0 Å². The van der Waals surface area contributed by atoms with Crippen molar-refractivity contribution in [3.05, 3.63) is 0 Å². The summed E-state index contributed by atoms with van der Waals surface area (Å²) in [5.74, 6) is 0. The molecule has 0 radical (unpaired) electrons. The molecule has 0 saturated carbocycles. The minimum atomic E-state index is 0.574. The van der Waals surface area contributed by atoms with Gasteiger partial charge in [-0.15, -0.1) is 0 Å². The van der Waals surface area contributed by atoms with Gasteiger partial charge in [0, 0.05) is 12.1 Å². The third-order valence-corrected chi connectivity index (χ3v) is 1.80. The second-order valence-electron chi connectivity index (χ2n) is 3.24. The van der Waals surface area contributed by atoms with Crippen LogP contribution < -0.4 is 10.6 Å². The van der Waals surface area contributed by atoms with E-state index in [9.17, 15) is 0 Å². The lowest BCUT2D eigenvalue weighted by Crippen LogP contribution is -2.18. The second-order valence-corrected chi connectivity index (χ2v) is 3.24. The molecule has 0 aromatic heterocycles. The molecule has 2 fully saturated rings. The highest BCUT2D eigenvalue weighted by molar-refractivity contribution is 4.60. The molecule has 72 valence electrons. The van der Waals surface area contributed by atoms with Crippen LogP contribution in [0.4, 0.5) is 0 Å². The Hall–Kier alpha value is -0.160. The normalized spacial score (nSPS) is 34.5. The van der Waals surface area contributed by atoms with E-state index in [-0.39, 0.29) is 0 Å². The zero-order valence-electron chi connectivity index (χ0n) is 7.80. The molecule has 0 aliphatic carbocycles. The lowest BCUT2D eigenvalue weighted by Gasteiger charge is -1.91. The van der Waals surface area contributed by atoms with Crippen LogP contribution in [0.3, 0.4) is 0 Å². The first-order valence-corrected chi connectivity index (χ1v) is 4.41. The number of ether oxygens (including phenoxy) is 2. The highest BCUT2D eigenvalue weighted by Gasteiger charge is 2.06. The largest absolute Gasteiger partial charge is 0.365 e. The molecule has 4 nitrogen and oxygen atoms in total. The van der Waals surface area contributed by atoms with Crippen molar-refractivity contribution in [3.8, 4) is 0 Å². The predicted molar refractivity (Wildman–Crippen MR) is 46.8 cm³/mol. The van der Waals surface area contributed by atoms with E-state index in [2.05, 4.69) is 24.5 Å². The topological polar surface area (TPSA) is 42.5 Å². The van der Waals surface area contributed by atoms with Gasteiger partial charge in [-0.05, 0) is 13.8 Å². The van der Waals surface area contributed by atoms with Gasteiger partial charge in [-0.2, -0.15) is 0 Å². The highest BCUT2D eigenvalue weighted by Crippen LogP contribution is 1.89. The van der Waals surface area contributed by atoms with E-state index in [0.29, 0.717) is 12.1 Å². The number of hydrogen-bond acceptors (Lipinski definition) is 4. The fraction of sp³-hybridized carbons (Fsp3) is 1.00. The minimum absolute atomic E-state index is 0.574. The summed E-state index contributed by atoms with van der Waals surface area (Å²) >= 11 is 0. The lowest BCUT2D eigenvalue weighted by atomic mass is 10.4. The Morgan fingerprint density at radius 1 is 0.917 bits per heavy atom. The summed E-state index contributed by atoms with van der Waals surface area (Å²) in [6.07, 6.45) is 0. The van der Waals surface area contributed by atoms with Crippen LogP contribution in [-0.2, 0) is 9.47 Å². The molecule has 0 aromatic carbocycles. The van der Waals surface area contributed by atoms with Gasteiger partial charge in [-0.25, -0.2) is 0 Å². The van der Waals surface area contributed by atoms with Crippen molar-refractivity contribution in [2.24, 2.45) is 0 Å². The first kappa shape index (κ1) is 9.92. The van der Waals surface area contributed by atoms with Gasteiger partial charge < -0.3 is 9.47 Å². The molecule has 0 spiro atoms. The summed E-state index contributed by atoms with van der Waals surface area (Å²) in [7, 11) is 0. The summed E-state index contributed by atoms with van der Waals surface area (Å²) in [5.41, 5.74) is 0. The van der Waals surface area contributed by atoms with E-state index in [1.165, 1.54) is 0 Å². The van der Waals surface area contributed by atoms with Crippen LogP contribution in [-0.4, -0.2) is 38.8 Å². The Labute approximate surface area is 73.6 Å². The van der Waals surface area contributed by atoms with Crippen LogP contribution in [0.25, 0.3) is 0 Å². The Kier molecular flexibility index (Phi) is 4.53. The molecule has 0 amide bonds. The zero-order chi connectivity index (χ0) is 8.81. The first-order chi connectivity index (χ1) is 5.79. The molecular weight excluding hydrogens is 156 g/mol. The molecule has 2 N–H and O–H groups in total. The molecule has 4 heteroatoms. The average Bonchev–Trinajstić information content (AvgIpc) is 2.63. The number of hydrogen-bond donors (Lipinski definition) is 2. The van der Waals surface area contributed by atoms with Crippen molar-refractivity contribution in [1.82, 2.24) is 10.6 Å². The Morgan fingerprint density at radius 2 is 1.33 bits per heavy atom. The van der Waals surface area contributed by atoms with Crippen molar-refractivity contribution < 1.29 is 9.47 Å². The molecule has 0 aromatic rings. The number of rotatable bonds is 0. The molecule has 2 rings (SSSR count). The highest BCUT2D eigenvalue weighted by atomic mass is 16.5. The average molecular weight is 174 g/mol. The monoisotopic (exact) mass is 174 g/mol. The van der Waals surface area contributed by atoms with E-state index in [1.807, 2.05) is 0 Å². The number of nitrogens with one attached hydrogen (secondary N) is 2. The molecule has 1 unspecified atom stereocenters. The van der Waals surface area contributed by atoms with Crippen molar-refractivity contribution in [2.45, 2.75) is 25.9 Å². The van der Waals surface area contributed by atoms with Gasteiger partial charge in [0.25, 0.3) is 0 Å². The van der Waals surface area contributed by atoms with E-state index in [0.717, 1.165) is 26.7 Å². The Balaban J connectivity index is 0.000000120. The SMILES string of the molecule is CC1COCN1.C[C@@H]1COCN1. The van der Waals surface area contributed by atoms with E-state index < -0.39 is 0 Å². The first-order valence-electron chi connectivity index (χ1n) is 4.41. The summed E-state index contributed by atoms with van der Waals surface area (Å²) < 4.78 is 9.89. The quantitative estimate of drug-likeness (QED) is 0.538. The maximum Gasteiger partial charge on any atom is 0.0968 e. The third kappa shape index (κ3) is 4.01. The van der Waals surface area contributed by atoms with Gasteiger partial charge >= 0.3 is 0 Å². The second kappa shape index (κ2) is 5.48. The van der Waals surface area contributed by atoms with Gasteiger partial charge in [-0.1, -0.05) is 0 Å². The van der Waals surface area contributed by atoms with Crippen molar-refractivity contribution in [2.75, 3.05) is 26.7 Å². The Bertz CT molecular complexity index is 95.6. The van der Waals surface area contributed by atoms with Crippen LogP contribution in [0, 0.1) is 0 Å². The van der Waals surface area contributed by atoms with Gasteiger partial charge in [-0.3, -0.25) is 10.6 Å². The molecule has 2 aliphatic heterocycles. The van der Waals surface area contributed by atoms with Crippen LogP contribution in [0.5, 0.6) is 0 Å². The van der Waals surface area contributed by atoms with Crippen LogP contribution in [0.1, 0.15) is 13.8 Å². The van der Waals surface area contributed by atoms with Crippen molar-refractivity contribution >= 4 is 0 Å². The summed E-state index contributed by atoms with van der Waals surface area (Å²) in [6, 6.07) is 1.15. The fourth-order valence-corrected chi connectivity index (χ4v) is 0.992. The van der Waals surface area contributed by atoms with Gasteiger partial charge in [0.05, 0.1) is 26.7 Å². The fourth-order valence-electron chi connectivity index (χ4n) is 0.992. The van der Waals surface area contributed by atoms with Gasteiger partial charge in [0.1, 0.15) is 0 Å². The van der Waals surface area contributed by atoms with Gasteiger partial charge in [0.2, 0.25) is 0 Å². The lowest BCUT2D eigenvalue weighted by molar-refractivity contribution is 0.190. The molecular formula is C8H18N2O2. The molecule has 12 heavy (non-hydrogen) atoms. The van der Waals surface area contributed by atoms with E-state index in [1.54, 1.807) is 0 Å². The molecule has 2 saturated heterocycles. The molecule has 2 atom stereocenters. The van der Waals surface area contributed by atoms with Crippen LogP contribution in [0.2, 0.25) is 0 Å². The van der Waals surface area contributed by atoms with E-state index >= 15 is 0 Å². The molecule has 2 aliphatic rings. The third-order valence-electron chi connectivity index (χ3n) is 1.80. The Morgan fingerprint density at radius 3 is 1.42 bits per heavy atom. The molecule has 2 heterocycles. The smallest absolute Gasteiger partial charge is 0.0968 e. The minimum Gasteiger partial charge on any atom is -0.365 e.